The van der Waals surface area contributed by atoms with E-state index < -0.39 is 5.41 Å². The van der Waals surface area contributed by atoms with Crippen LogP contribution in [0.5, 0.6) is 0 Å². The van der Waals surface area contributed by atoms with Crippen molar-refractivity contribution in [3.05, 3.63) is 45.5 Å². The second kappa shape index (κ2) is 3.50. The van der Waals surface area contributed by atoms with Gasteiger partial charge in [-0.2, -0.15) is 0 Å². The topological polar surface area (TPSA) is 43.1 Å². The van der Waals surface area contributed by atoms with Crippen molar-refractivity contribution in [1.82, 2.24) is 0 Å². The fourth-order valence-corrected chi connectivity index (χ4v) is 3.88. The van der Waals surface area contributed by atoms with E-state index in [1.807, 2.05) is 18.2 Å². The fraction of sp³-hybridized carbons (Fsp3) is 0.308. The first-order valence-corrected chi connectivity index (χ1v) is 6.21. The molecule has 0 spiro atoms. The zero-order valence-corrected chi connectivity index (χ0v) is 10.5. The lowest BCUT2D eigenvalue weighted by molar-refractivity contribution is -0.122. The van der Waals surface area contributed by atoms with Crippen LogP contribution in [-0.4, -0.2) is 5.91 Å². The van der Waals surface area contributed by atoms with Crippen LogP contribution in [0.2, 0.25) is 0 Å². The van der Waals surface area contributed by atoms with Gasteiger partial charge in [-0.1, -0.05) is 41.4 Å². The van der Waals surface area contributed by atoms with Crippen LogP contribution in [0.3, 0.4) is 0 Å². The van der Waals surface area contributed by atoms with Gasteiger partial charge in [0, 0.05) is 5.92 Å². The predicted molar refractivity (Wildman–Crippen MR) is 66.9 cm³/mol. The van der Waals surface area contributed by atoms with Gasteiger partial charge in [0.1, 0.15) is 4.49 Å². The number of carbonyl (C=O) groups excluding carboxylic acids is 1. The average molecular weight is 267 g/mol. The molecule has 0 aromatic heterocycles. The molecule has 0 saturated heterocycles. The van der Waals surface area contributed by atoms with Crippen LogP contribution in [0, 0.1) is 6.07 Å². The fourth-order valence-electron chi connectivity index (χ4n) is 3.30. The number of amides is 1. The molecule has 0 heterocycles. The van der Waals surface area contributed by atoms with Crippen LogP contribution < -0.4 is 5.73 Å². The molecule has 2 bridgehead atoms. The summed E-state index contributed by atoms with van der Waals surface area (Å²) in [5.74, 6) is -0.268. The van der Waals surface area contributed by atoms with Gasteiger partial charge in [-0.15, -0.1) is 0 Å². The monoisotopic (exact) mass is 266 g/mol. The molecule has 2 unspecified atom stereocenters. The Morgan fingerprint density at radius 1 is 1.53 bits per heavy atom. The molecule has 2 aliphatic carbocycles. The lowest BCUT2D eigenvalue weighted by atomic mass is 9.77. The van der Waals surface area contributed by atoms with Gasteiger partial charge in [0.05, 0.1) is 5.41 Å². The normalized spacial score (nSPS) is 29.3. The van der Waals surface area contributed by atoms with Crippen molar-refractivity contribution >= 4 is 29.1 Å². The summed E-state index contributed by atoms with van der Waals surface area (Å²) in [5, 5.41) is 0. The van der Waals surface area contributed by atoms with Crippen molar-refractivity contribution < 1.29 is 4.79 Å². The molecule has 1 saturated carbocycles. The van der Waals surface area contributed by atoms with Gasteiger partial charge in [0.15, 0.2) is 0 Å². The molecular formula is C13H10Cl2NO. The second-order valence-electron chi connectivity index (χ2n) is 4.53. The Kier molecular flexibility index (Phi) is 2.29. The first-order chi connectivity index (χ1) is 8.09. The van der Waals surface area contributed by atoms with Gasteiger partial charge in [-0.3, -0.25) is 4.79 Å². The number of primary amides is 1. The van der Waals surface area contributed by atoms with Gasteiger partial charge in [-0.05, 0) is 35.6 Å². The second-order valence-corrected chi connectivity index (χ2v) is 5.48. The molecule has 1 amide bonds. The Morgan fingerprint density at radius 3 is 2.94 bits per heavy atom. The minimum Gasteiger partial charge on any atom is -0.369 e. The summed E-state index contributed by atoms with van der Waals surface area (Å²) in [6, 6.07) is 8.81. The van der Waals surface area contributed by atoms with Crippen LogP contribution in [0.15, 0.2) is 28.3 Å². The summed E-state index contributed by atoms with van der Waals surface area (Å²) < 4.78 is 0.177. The molecule has 0 aliphatic heterocycles. The first-order valence-electron chi connectivity index (χ1n) is 5.45. The van der Waals surface area contributed by atoms with Crippen LogP contribution in [0.1, 0.15) is 29.9 Å². The molecule has 2 aliphatic rings. The first kappa shape index (κ1) is 11.1. The summed E-state index contributed by atoms with van der Waals surface area (Å²) in [6.07, 6.45) is 1.55. The maximum absolute atomic E-state index is 11.9. The molecule has 2 atom stereocenters. The molecule has 4 heteroatoms. The number of fused-ring (bicyclic) bond motifs is 5. The van der Waals surface area contributed by atoms with Crippen molar-refractivity contribution in [1.29, 1.82) is 0 Å². The minimum atomic E-state index is -0.795. The Labute approximate surface area is 109 Å². The molecule has 1 aromatic carbocycles. The molecular weight excluding hydrogens is 257 g/mol. The van der Waals surface area contributed by atoms with Gasteiger partial charge in [0.25, 0.3) is 0 Å². The summed E-state index contributed by atoms with van der Waals surface area (Å²) in [4.78, 5) is 11.9. The summed E-state index contributed by atoms with van der Waals surface area (Å²) >= 11 is 11.9. The SMILES string of the molecule is NC(=O)C12CCC(C1=C(Cl)Cl)c1[c]cccc12. The molecule has 87 valence electrons. The standard InChI is InChI=1S/C13H10Cl2NO/c14-11(15)10-8-5-6-13(10,12(16)17)9-4-2-1-3-7(8)9/h1-2,4,8H,5-6H2,(H2,16,17). The molecule has 2 nitrogen and oxygen atoms in total. The number of hydrogen-bond acceptors (Lipinski definition) is 1. The van der Waals surface area contributed by atoms with Crippen LogP contribution in [0.25, 0.3) is 0 Å². The van der Waals surface area contributed by atoms with Gasteiger partial charge in [-0.25, -0.2) is 0 Å². The van der Waals surface area contributed by atoms with E-state index >= 15 is 0 Å². The quantitative estimate of drug-likeness (QED) is 0.835. The van der Waals surface area contributed by atoms with E-state index in [1.165, 1.54) is 0 Å². The lowest BCUT2D eigenvalue weighted by Crippen LogP contribution is -2.39. The number of halogens is 2. The molecule has 1 radical (unpaired) electrons. The Bertz CT molecular complexity index is 548. The van der Waals surface area contributed by atoms with E-state index in [-0.39, 0.29) is 16.3 Å². The van der Waals surface area contributed by atoms with Crippen molar-refractivity contribution in [2.45, 2.75) is 24.2 Å². The Hall–Kier alpha value is -0.990. The molecule has 3 rings (SSSR count). The van der Waals surface area contributed by atoms with Crippen LogP contribution in [0.4, 0.5) is 0 Å². The Morgan fingerprint density at radius 2 is 2.29 bits per heavy atom. The highest BCUT2D eigenvalue weighted by Crippen LogP contribution is 2.62. The Balaban J connectivity index is 2.36. The van der Waals surface area contributed by atoms with Crippen molar-refractivity contribution in [3.63, 3.8) is 0 Å². The lowest BCUT2D eigenvalue weighted by Gasteiger charge is -2.25. The summed E-state index contributed by atoms with van der Waals surface area (Å²) in [5.41, 5.74) is 7.53. The maximum Gasteiger partial charge on any atom is 0.232 e. The van der Waals surface area contributed by atoms with Crippen LogP contribution >= 0.6 is 23.2 Å². The van der Waals surface area contributed by atoms with E-state index in [9.17, 15) is 4.79 Å². The molecule has 1 fully saturated rings. The van der Waals surface area contributed by atoms with Gasteiger partial charge in [0.2, 0.25) is 5.91 Å². The average Bonchev–Trinajstić information content (AvgIpc) is 2.82. The van der Waals surface area contributed by atoms with Crippen molar-refractivity contribution in [3.8, 4) is 0 Å². The highest BCUT2D eigenvalue weighted by Gasteiger charge is 2.57. The number of hydrogen-bond donors (Lipinski definition) is 1. The van der Waals surface area contributed by atoms with E-state index in [1.54, 1.807) is 0 Å². The minimum absolute atomic E-state index is 0.101. The summed E-state index contributed by atoms with van der Waals surface area (Å²) in [6.45, 7) is 0. The van der Waals surface area contributed by atoms with E-state index in [0.717, 1.165) is 23.1 Å². The summed E-state index contributed by atoms with van der Waals surface area (Å²) in [7, 11) is 0. The van der Waals surface area contributed by atoms with E-state index in [2.05, 4.69) is 6.07 Å². The van der Waals surface area contributed by atoms with Gasteiger partial charge >= 0.3 is 0 Å². The maximum atomic E-state index is 11.9. The number of nitrogens with two attached hydrogens (primary N) is 1. The van der Waals surface area contributed by atoms with E-state index in [0.29, 0.717) is 6.42 Å². The highest BCUT2D eigenvalue weighted by molar-refractivity contribution is 6.56. The highest BCUT2D eigenvalue weighted by atomic mass is 35.5. The third-order valence-corrected chi connectivity index (χ3v) is 4.34. The van der Waals surface area contributed by atoms with Gasteiger partial charge < -0.3 is 5.73 Å². The number of carbonyl (C=O) groups is 1. The molecule has 2 N–H and O–H groups in total. The number of rotatable bonds is 1. The van der Waals surface area contributed by atoms with Crippen molar-refractivity contribution in [2.24, 2.45) is 5.73 Å². The third kappa shape index (κ3) is 1.20. The third-order valence-electron chi connectivity index (χ3n) is 3.94. The molecule has 1 aromatic rings. The smallest absolute Gasteiger partial charge is 0.232 e. The van der Waals surface area contributed by atoms with E-state index in [4.69, 9.17) is 28.9 Å². The largest absolute Gasteiger partial charge is 0.369 e. The molecule has 17 heavy (non-hydrogen) atoms. The van der Waals surface area contributed by atoms with Crippen LogP contribution in [-0.2, 0) is 10.2 Å². The number of benzene rings is 1. The zero-order chi connectivity index (χ0) is 12.2. The predicted octanol–water partition coefficient (Wildman–Crippen LogP) is 2.79. The zero-order valence-electron chi connectivity index (χ0n) is 8.97. The van der Waals surface area contributed by atoms with Crippen molar-refractivity contribution in [2.75, 3.05) is 0 Å².